The topological polar surface area (TPSA) is 77.8 Å². The summed E-state index contributed by atoms with van der Waals surface area (Å²) in [6.45, 7) is 2.06. The minimum Gasteiger partial charge on any atom is -0.380 e. The summed E-state index contributed by atoms with van der Waals surface area (Å²) >= 11 is 0. The molecule has 5 heteroatoms. The predicted octanol–water partition coefficient (Wildman–Crippen LogP) is -1.51. The van der Waals surface area contributed by atoms with Gasteiger partial charge in [-0.25, -0.2) is 0 Å². The van der Waals surface area contributed by atoms with E-state index in [0.29, 0.717) is 6.42 Å². The van der Waals surface area contributed by atoms with E-state index in [4.69, 9.17) is 10.2 Å². The number of carbonyl (C=O) groups excluding carboxylic acids is 2. The number of nitrogens with zero attached hydrogens (tertiary/aromatic N) is 1. The van der Waals surface area contributed by atoms with Crippen LogP contribution in [-0.4, -0.2) is 45.7 Å². The predicted molar refractivity (Wildman–Crippen MR) is 39.0 cm³/mol. The van der Waals surface area contributed by atoms with Crippen LogP contribution in [0.3, 0.4) is 0 Å². The quantitative estimate of drug-likeness (QED) is 0.497. The van der Waals surface area contributed by atoms with Crippen molar-refractivity contribution in [2.75, 3.05) is 6.54 Å². The number of imide groups is 1. The van der Waals surface area contributed by atoms with Crippen molar-refractivity contribution in [2.24, 2.45) is 0 Å². The molecular weight excluding hydrogens is 162 g/mol. The van der Waals surface area contributed by atoms with E-state index in [1.54, 1.807) is 6.92 Å². The van der Waals surface area contributed by atoms with E-state index < -0.39 is 24.0 Å². The standard InChI is InChI=1S/C7H11NO4/c1-2-3-8-6(11)4(9)5(10)7(8)12/h4-5,9-10H,2-3H2,1H3/t4-,5-/m1/s1. The lowest BCUT2D eigenvalue weighted by molar-refractivity contribution is -0.141. The summed E-state index contributed by atoms with van der Waals surface area (Å²) in [6, 6.07) is 0. The first kappa shape index (κ1) is 9.15. The highest BCUT2D eigenvalue weighted by molar-refractivity contribution is 6.07. The molecule has 0 aromatic carbocycles. The highest BCUT2D eigenvalue weighted by Gasteiger charge is 2.45. The minimum atomic E-state index is -1.57. The molecule has 0 radical (unpaired) electrons. The van der Waals surface area contributed by atoms with Crippen LogP contribution >= 0.6 is 0 Å². The summed E-state index contributed by atoms with van der Waals surface area (Å²) in [5.74, 6) is -1.40. The van der Waals surface area contributed by atoms with Crippen LogP contribution in [0.1, 0.15) is 13.3 Å². The Kier molecular flexibility index (Phi) is 2.44. The molecule has 68 valence electrons. The van der Waals surface area contributed by atoms with Crippen LogP contribution in [0.2, 0.25) is 0 Å². The summed E-state index contributed by atoms with van der Waals surface area (Å²) in [6.07, 6.45) is -2.51. The number of carbonyl (C=O) groups is 2. The van der Waals surface area contributed by atoms with Gasteiger partial charge in [0.15, 0.2) is 12.2 Å². The molecule has 0 aromatic rings. The zero-order chi connectivity index (χ0) is 9.30. The summed E-state index contributed by atoms with van der Waals surface area (Å²) in [5, 5.41) is 17.9. The lowest BCUT2D eigenvalue weighted by atomic mass is 10.2. The van der Waals surface area contributed by atoms with Gasteiger partial charge in [-0.3, -0.25) is 14.5 Å². The maximum Gasteiger partial charge on any atom is 0.261 e. The van der Waals surface area contributed by atoms with Gasteiger partial charge < -0.3 is 10.2 Å². The number of rotatable bonds is 2. The fourth-order valence-corrected chi connectivity index (χ4v) is 1.14. The van der Waals surface area contributed by atoms with Crippen LogP contribution in [0.5, 0.6) is 0 Å². The van der Waals surface area contributed by atoms with E-state index in [2.05, 4.69) is 0 Å². The van der Waals surface area contributed by atoms with Gasteiger partial charge in [0.2, 0.25) is 0 Å². The van der Waals surface area contributed by atoms with Crippen LogP contribution < -0.4 is 0 Å². The minimum absolute atomic E-state index is 0.256. The van der Waals surface area contributed by atoms with Gasteiger partial charge >= 0.3 is 0 Å². The van der Waals surface area contributed by atoms with Crippen molar-refractivity contribution in [2.45, 2.75) is 25.6 Å². The number of likely N-dealkylation sites (tertiary alicyclic amines) is 1. The maximum atomic E-state index is 11.0. The largest absolute Gasteiger partial charge is 0.380 e. The van der Waals surface area contributed by atoms with Gasteiger partial charge in [0, 0.05) is 6.54 Å². The van der Waals surface area contributed by atoms with Gasteiger partial charge in [-0.15, -0.1) is 0 Å². The first-order valence-corrected chi connectivity index (χ1v) is 3.81. The van der Waals surface area contributed by atoms with E-state index in [-0.39, 0.29) is 6.54 Å². The Morgan fingerprint density at radius 3 is 2.00 bits per heavy atom. The number of hydrogen-bond donors (Lipinski definition) is 2. The molecule has 0 unspecified atom stereocenters. The number of amides is 2. The molecule has 1 rings (SSSR count). The van der Waals surface area contributed by atoms with Crippen LogP contribution in [0.25, 0.3) is 0 Å². The SMILES string of the molecule is CCCN1C(=O)[C@H](O)[C@@H](O)C1=O. The average Bonchev–Trinajstić information content (AvgIpc) is 2.23. The molecule has 0 spiro atoms. The average molecular weight is 173 g/mol. The van der Waals surface area contributed by atoms with Gasteiger partial charge in [0.25, 0.3) is 11.8 Å². The third-order valence-electron chi connectivity index (χ3n) is 1.78. The Morgan fingerprint density at radius 2 is 1.67 bits per heavy atom. The van der Waals surface area contributed by atoms with E-state index in [1.807, 2.05) is 0 Å². The molecule has 5 nitrogen and oxygen atoms in total. The summed E-state index contributed by atoms with van der Waals surface area (Å²) in [4.78, 5) is 22.9. The second-order valence-corrected chi connectivity index (χ2v) is 2.72. The van der Waals surface area contributed by atoms with Crippen molar-refractivity contribution < 1.29 is 19.8 Å². The van der Waals surface area contributed by atoms with E-state index in [0.717, 1.165) is 4.90 Å². The fraction of sp³-hybridized carbons (Fsp3) is 0.714. The Morgan fingerprint density at radius 1 is 1.25 bits per heavy atom. The normalized spacial score (nSPS) is 30.1. The van der Waals surface area contributed by atoms with Crippen LogP contribution in [-0.2, 0) is 9.59 Å². The van der Waals surface area contributed by atoms with Gasteiger partial charge in [-0.05, 0) is 6.42 Å². The molecule has 0 aromatic heterocycles. The highest BCUT2D eigenvalue weighted by atomic mass is 16.4. The highest BCUT2D eigenvalue weighted by Crippen LogP contribution is 2.13. The molecule has 2 amide bonds. The first-order chi connectivity index (χ1) is 5.59. The fourth-order valence-electron chi connectivity index (χ4n) is 1.14. The third-order valence-corrected chi connectivity index (χ3v) is 1.78. The van der Waals surface area contributed by atoms with Crippen molar-refractivity contribution in [1.29, 1.82) is 0 Å². The van der Waals surface area contributed by atoms with Crippen molar-refractivity contribution in [3.8, 4) is 0 Å². The lowest BCUT2D eigenvalue weighted by Crippen LogP contribution is -2.32. The van der Waals surface area contributed by atoms with Gasteiger partial charge in [-0.1, -0.05) is 6.92 Å². The Bertz CT molecular complexity index is 195. The molecule has 1 saturated heterocycles. The second-order valence-electron chi connectivity index (χ2n) is 2.72. The van der Waals surface area contributed by atoms with Crippen molar-refractivity contribution in [3.05, 3.63) is 0 Å². The third kappa shape index (κ3) is 1.21. The summed E-state index contributed by atoms with van der Waals surface area (Å²) in [7, 11) is 0. The molecule has 0 saturated carbocycles. The van der Waals surface area contributed by atoms with Gasteiger partial charge in [-0.2, -0.15) is 0 Å². The molecule has 2 N–H and O–H groups in total. The van der Waals surface area contributed by atoms with Crippen LogP contribution in [0, 0.1) is 0 Å². The molecule has 0 aliphatic carbocycles. The summed E-state index contributed by atoms with van der Waals surface area (Å²) < 4.78 is 0. The van der Waals surface area contributed by atoms with Crippen molar-refractivity contribution in [1.82, 2.24) is 4.90 Å². The van der Waals surface area contributed by atoms with E-state index in [1.165, 1.54) is 0 Å². The molecule has 1 aliphatic heterocycles. The molecule has 2 atom stereocenters. The molecular formula is C7H11NO4. The smallest absolute Gasteiger partial charge is 0.261 e. The van der Waals surface area contributed by atoms with E-state index >= 15 is 0 Å². The number of hydrogen-bond acceptors (Lipinski definition) is 4. The molecule has 1 aliphatic rings. The second kappa shape index (κ2) is 3.20. The Hall–Kier alpha value is -0.940. The number of aliphatic hydroxyl groups excluding tert-OH is 2. The molecule has 0 bridgehead atoms. The molecule has 1 fully saturated rings. The van der Waals surface area contributed by atoms with Gasteiger partial charge in [0.05, 0.1) is 0 Å². The van der Waals surface area contributed by atoms with Crippen molar-refractivity contribution >= 4 is 11.8 Å². The van der Waals surface area contributed by atoms with E-state index in [9.17, 15) is 9.59 Å². The maximum absolute atomic E-state index is 11.0. The molecule has 1 heterocycles. The van der Waals surface area contributed by atoms with Crippen molar-refractivity contribution in [3.63, 3.8) is 0 Å². The monoisotopic (exact) mass is 173 g/mol. The summed E-state index contributed by atoms with van der Waals surface area (Å²) in [5.41, 5.74) is 0. The zero-order valence-electron chi connectivity index (χ0n) is 6.73. The Labute approximate surface area is 69.6 Å². The lowest BCUT2D eigenvalue weighted by Gasteiger charge is -2.10. The van der Waals surface area contributed by atoms with Gasteiger partial charge in [0.1, 0.15) is 0 Å². The zero-order valence-corrected chi connectivity index (χ0v) is 6.73. The first-order valence-electron chi connectivity index (χ1n) is 3.81. The van der Waals surface area contributed by atoms with Crippen LogP contribution in [0.4, 0.5) is 0 Å². The van der Waals surface area contributed by atoms with Crippen LogP contribution in [0.15, 0.2) is 0 Å². The molecule has 12 heavy (non-hydrogen) atoms. The number of aliphatic hydroxyl groups is 2. The Balaban J connectivity index is 2.76.